The van der Waals surface area contributed by atoms with Crippen molar-refractivity contribution in [3.05, 3.63) is 23.8 Å². The van der Waals surface area contributed by atoms with Crippen LogP contribution in [0.25, 0.3) is 0 Å². The first-order chi connectivity index (χ1) is 15.8. The molecule has 0 aromatic heterocycles. The first-order valence-corrected chi connectivity index (χ1v) is 11.6. The molecule has 182 valence electrons. The average Bonchev–Trinajstić information content (AvgIpc) is 2.75. The van der Waals surface area contributed by atoms with Crippen molar-refractivity contribution in [1.29, 1.82) is 0 Å². The monoisotopic (exact) mass is 466 g/mol. The van der Waals surface area contributed by atoms with Crippen molar-refractivity contribution in [3.8, 4) is 0 Å². The van der Waals surface area contributed by atoms with Gasteiger partial charge in [0.1, 0.15) is 11.7 Å². The Morgan fingerprint density at radius 3 is 2.30 bits per heavy atom. The average molecular weight is 467 g/mol. The zero-order valence-corrected chi connectivity index (χ0v) is 18.7. The third-order valence-electron chi connectivity index (χ3n) is 6.15. The molecule has 1 unspecified atom stereocenters. The molecule has 0 saturated carbocycles. The minimum absolute atomic E-state index is 0.0538. The van der Waals surface area contributed by atoms with Gasteiger partial charge in [-0.1, -0.05) is 19.3 Å². The van der Waals surface area contributed by atoms with E-state index in [1.165, 1.54) is 12.1 Å². The van der Waals surface area contributed by atoms with Gasteiger partial charge in [-0.3, -0.25) is 24.6 Å². The van der Waals surface area contributed by atoms with E-state index in [4.69, 9.17) is 5.11 Å². The van der Waals surface area contributed by atoms with Crippen molar-refractivity contribution in [2.24, 2.45) is 0 Å². The summed E-state index contributed by atoms with van der Waals surface area (Å²) in [5.74, 6) is -2.95. The first kappa shape index (κ1) is 24.9. The summed E-state index contributed by atoms with van der Waals surface area (Å²) in [5.41, 5.74) is 0.118. The fourth-order valence-corrected chi connectivity index (χ4v) is 4.32. The number of halogens is 2. The Morgan fingerprint density at radius 1 is 1.03 bits per heavy atom. The summed E-state index contributed by atoms with van der Waals surface area (Å²) in [6, 6.07) is 1.69. The molecule has 0 radical (unpaired) electrons. The fraction of sp³-hybridized carbons (Fsp3) is 0.609. The van der Waals surface area contributed by atoms with E-state index in [1.54, 1.807) is 4.90 Å². The van der Waals surface area contributed by atoms with E-state index >= 15 is 0 Å². The number of imide groups is 1. The Kier molecular flexibility index (Phi) is 8.99. The van der Waals surface area contributed by atoms with Crippen molar-refractivity contribution in [2.75, 3.05) is 42.9 Å². The largest absolute Gasteiger partial charge is 0.481 e. The topological polar surface area (TPSA) is 102 Å². The Morgan fingerprint density at radius 2 is 1.67 bits per heavy atom. The number of unbranched alkanes of at least 4 members (excludes halogenated alkanes) is 4. The minimum atomic E-state index is -0.749. The van der Waals surface area contributed by atoms with Gasteiger partial charge in [0.05, 0.1) is 0 Å². The second kappa shape index (κ2) is 11.9. The predicted octanol–water partition coefficient (Wildman–Crippen LogP) is 2.73. The molecule has 1 aromatic rings. The number of carboxylic acid groups (broad SMARTS) is 1. The van der Waals surface area contributed by atoms with Gasteiger partial charge in [-0.05, 0) is 37.9 Å². The molecule has 1 aromatic carbocycles. The Balaban J connectivity index is 1.44. The number of carbonyl (C=O) groups is 3. The molecule has 33 heavy (non-hydrogen) atoms. The van der Waals surface area contributed by atoms with Crippen molar-refractivity contribution in [3.63, 3.8) is 0 Å². The van der Waals surface area contributed by atoms with Crippen LogP contribution in [0.15, 0.2) is 12.1 Å². The lowest BCUT2D eigenvalue weighted by molar-refractivity contribution is -0.137. The van der Waals surface area contributed by atoms with Gasteiger partial charge in [0.25, 0.3) is 0 Å². The number of benzene rings is 1. The summed E-state index contributed by atoms with van der Waals surface area (Å²) in [6.07, 6.45) is 5.41. The molecule has 3 N–H and O–H groups in total. The number of rotatable bonds is 11. The Hall–Kier alpha value is -2.75. The summed E-state index contributed by atoms with van der Waals surface area (Å²) in [5, 5.41) is 13.7. The number of carboxylic acids is 1. The molecule has 2 fully saturated rings. The van der Waals surface area contributed by atoms with Crippen molar-refractivity contribution >= 4 is 29.2 Å². The van der Waals surface area contributed by atoms with Gasteiger partial charge < -0.3 is 15.3 Å². The molecule has 2 amide bonds. The van der Waals surface area contributed by atoms with Gasteiger partial charge in [0.15, 0.2) is 11.6 Å². The molecule has 2 aliphatic rings. The molecule has 2 saturated heterocycles. The van der Waals surface area contributed by atoms with Gasteiger partial charge in [-0.2, -0.15) is 0 Å². The summed E-state index contributed by atoms with van der Waals surface area (Å²) >= 11 is 0. The summed E-state index contributed by atoms with van der Waals surface area (Å²) < 4.78 is 29.6. The predicted molar refractivity (Wildman–Crippen MR) is 120 cm³/mol. The van der Waals surface area contributed by atoms with Gasteiger partial charge in [0, 0.05) is 44.7 Å². The normalized spacial score (nSPS) is 19.5. The van der Waals surface area contributed by atoms with Gasteiger partial charge in [-0.15, -0.1) is 0 Å². The highest BCUT2D eigenvalue weighted by Crippen LogP contribution is 2.29. The number of aliphatic carboxylic acids is 1. The first-order valence-electron chi connectivity index (χ1n) is 11.6. The lowest BCUT2D eigenvalue weighted by Gasteiger charge is -2.36. The highest BCUT2D eigenvalue weighted by molar-refractivity contribution is 6.01. The zero-order chi connectivity index (χ0) is 23.8. The maximum atomic E-state index is 14.8. The Labute approximate surface area is 192 Å². The lowest BCUT2D eigenvalue weighted by Crippen LogP contribution is -2.47. The van der Waals surface area contributed by atoms with E-state index in [0.29, 0.717) is 32.6 Å². The van der Waals surface area contributed by atoms with Crippen LogP contribution in [0.2, 0.25) is 0 Å². The van der Waals surface area contributed by atoms with E-state index in [1.807, 2.05) is 0 Å². The second-order valence-corrected chi connectivity index (χ2v) is 8.68. The number of piperidine rings is 1. The van der Waals surface area contributed by atoms with Crippen molar-refractivity contribution < 1.29 is 28.3 Å². The third kappa shape index (κ3) is 7.38. The smallest absolute Gasteiger partial charge is 0.303 e. The highest BCUT2D eigenvalue weighted by Gasteiger charge is 2.28. The van der Waals surface area contributed by atoms with Gasteiger partial charge >= 0.3 is 5.97 Å². The molecular weight excluding hydrogens is 434 g/mol. The number of anilines is 2. The quantitative estimate of drug-likeness (QED) is 0.340. The summed E-state index contributed by atoms with van der Waals surface area (Å²) in [7, 11) is 0. The summed E-state index contributed by atoms with van der Waals surface area (Å²) in [6.45, 7) is 3.40. The molecule has 1 atom stereocenters. The van der Waals surface area contributed by atoms with E-state index < -0.39 is 29.6 Å². The maximum Gasteiger partial charge on any atom is 0.303 e. The number of nitrogens with zero attached hydrogens (tertiary/aromatic N) is 2. The van der Waals surface area contributed by atoms with E-state index in [0.717, 1.165) is 32.2 Å². The van der Waals surface area contributed by atoms with E-state index in [2.05, 4.69) is 15.5 Å². The highest BCUT2D eigenvalue weighted by atomic mass is 19.1. The van der Waals surface area contributed by atoms with Crippen LogP contribution in [-0.2, 0) is 14.4 Å². The van der Waals surface area contributed by atoms with Crippen molar-refractivity contribution in [2.45, 2.75) is 57.4 Å². The van der Waals surface area contributed by atoms with E-state index in [9.17, 15) is 23.2 Å². The van der Waals surface area contributed by atoms with Crippen LogP contribution in [0, 0.1) is 11.6 Å². The number of carbonyl (C=O) groups excluding carboxylic acids is 2. The molecule has 2 heterocycles. The fourth-order valence-electron chi connectivity index (χ4n) is 4.32. The van der Waals surface area contributed by atoms with E-state index in [-0.39, 0.29) is 36.5 Å². The van der Waals surface area contributed by atoms with Crippen LogP contribution >= 0.6 is 0 Å². The van der Waals surface area contributed by atoms with Crippen LogP contribution < -0.4 is 15.5 Å². The number of amides is 2. The van der Waals surface area contributed by atoms with Crippen LogP contribution in [-0.4, -0.2) is 66.6 Å². The van der Waals surface area contributed by atoms with Crippen LogP contribution in [0.1, 0.15) is 51.4 Å². The zero-order valence-electron chi connectivity index (χ0n) is 18.7. The number of hydrogen-bond donors (Lipinski definition) is 3. The lowest BCUT2D eigenvalue weighted by atomic mass is 10.1. The van der Waals surface area contributed by atoms with Gasteiger partial charge in [0.2, 0.25) is 11.8 Å². The van der Waals surface area contributed by atoms with Crippen LogP contribution in [0.5, 0.6) is 0 Å². The molecule has 2 aliphatic heterocycles. The molecule has 0 spiro atoms. The standard InChI is InChI=1S/C23H32F2N4O4/c24-17-14-16(26-19-7-8-20(30)27-23(19)33)15-18(25)22(17)29-12-10-28(11-13-29)9-5-3-1-2-4-6-21(31)32/h14-15,19,26H,1-13H2,(H,31,32)(H,27,30,33). The number of nitrogens with one attached hydrogen (secondary N) is 2. The molecule has 10 heteroatoms. The molecule has 3 rings (SSSR count). The molecule has 0 aliphatic carbocycles. The number of hydrogen-bond acceptors (Lipinski definition) is 6. The second-order valence-electron chi connectivity index (χ2n) is 8.68. The molecular formula is C23H32F2N4O4. The van der Waals surface area contributed by atoms with Crippen molar-refractivity contribution in [1.82, 2.24) is 10.2 Å². The summed E-state index contributed by atoms with van der Waals surface area (Å²) in [4.78, 5) is 37.6. The van der Waals surface area contributed by atoms with Crippen LogP contribution in [0.4, 0.5) is 20.2 Å². The van der Waals surface area contributed by atoms with Gasteiger partial charge in [-0.25, -0.2) is 8.78 Å². The minimum Gasteiger partial charge on any atom is -0.481 e. The molecule has 0 bridgehead atoms. The third-order valence-corrected chi connectivity index (χ3v) is 6.15. The Bertz CT molecular complexity index is 836. The SMILES string of the molecule is O=C(O)CCCCCCCN1CCN(c2c(F)cc(NC3CCC(=O)NC3=O)cc2F)CC1. The van der Waals surface area contributed by atoms with Crippen LogP contribution in [0.3, 0.4) is 0 Å². The number of piperazine rings is 1. The maximum absolute atomic E-state index is 14.8. The molecule has 8 nitrogen and oxygen atoms in total.